The van der Waals surface area contributed by atoms with Crippen LogP contribution < -0.4 is 15.8 Å². The number of nitrogens with one attached hydrogen (secondary N) is 1. The number of nitro benzene ring substituents is 1. The molecule has 0 bridgehead atoms. The summed E-state index contributed by atoms with van der Waals surface area (Å²) in [6.45, 7) is 6.13. The number of nitro groups is 1. The van der Waals surface area contributed by atoms with Gasteiger partial charge in [0.1, 0.15) is 5.69 Å². The second kappa shape index (κ2) is 10.8. The quantitative estimate of drug-likeness (QED) is 0.284. The number of fused-ring (bicyclic) bond motifs is 1. The van der Waals surface area contributed by atoms with E-state index in [9.17, 15) is 19.7 Å². The first-order valence-corrected chi connectivity index (χ1v) is 12.2. The Balaban J connectivity index is 1.76. The normalized spacial score (nSPS) is 13.2. The fourth-order valence-corrected chi connectivity index (χ4v) is 4.57. The minimum Gasteiger partial charge on any atom is -0.453 e. The van der Waals surface area contributed by atoms with Crippen LogP contribution in [-0.2, 0) is 9.47 Å². The van der Waals surface area contributed by atoms with E-state index in [-0.39, 0.29) is 11.4 Å². The van der Waals surface area contributed by atoms with Crippen LogP contribution in [0.1, 0.15) is 5.56 Å². The molecule has 0 saturated carbocycles. The van der Waals surface area contributed by atoms with Crippen molar-refractivity contribution in [3.05, 3.63) is 93.3 Å². The van der Waals surface area contributed by atoms with Gasteiger partial charge in [-0.05, 0) is 42.0 Å². The predicted octanol–water partition coefficient (Wildman–Crippen LogP) is 4.62. The number of nitrogens with zero attached hydrogens (tertiary/aromatic N) is 4. The van der Waals surface area contributed by atoms with Gasteiger partial charge in [-0.25, -0.2) is 4.79 Å². The van der Waals surface area contributed by atoms with Crippen LogP contribution in [0.4, 0.5) is 21.9 Å². The highest BCUT2D eigenvalue weighted by Gasteiger charge is 2.23. The van der Waals surface area contributed by atoms with E-state index in [4.69, 9.17) is 9.47 Å². The molecule has 1 aromatic heterocycles. The Bertz CT molecular complexity index is 1660. The minimum absolute atomic E-state index is 0.0498. The predicted molar refractivity (Wildman–Crippen MR) is 149 cm³/mol. The maximum absolute atomic E-state index is 13.7. The molecule has 1 aliphatic heterocycles. The summed E-state index contributed by atoms with van der Waals surface area (Å²) in [5.74, 6) is 0. The molecule has 2 heterocycles. The van der Waals surface area contributed by atoms with E-state index in [0.29, 0.717) is 59.6 Å². The Kier molecular flexibility index (Phi) is 7.06. The lowest BCUT2D eigenvalue weighted by Gasteiger charge is -2.29. The Hall–Kier alpha value is -5.03. The van der Waals surface area contributed by atoms with Gasteiger partial charge in [-0.2, -0.15) is 9.78 Å². The van der Waals surface area contributed by atoms with Crippen LogP contribution in [0.3, 0.4) is 0 Å². The van der Waals surface area contributed by atoms with Gasteiger partial charge < -0.3 is 14.4 Å². The van der Waals surface area contributed by atoms with Crippen LogP contribution in [0.5, 0.6) is 0 Å². The molecule has 0 unspecified atom stereocenters. The molecule has 0 aliphatic carbocycles. The summed E-state index contributed by atoms with van der Waals surface area (Å²) in [7, 11) is 1.26. The third-order valence-electron chi connectivity index (χ3n) is 6.46. The third kappa shape index (κ3) is 5.07. The summed E-state index contributed by atoms with van der Waals surface area (Å²) in [5.41, 5.74) is 2.10. The monoisotopic (exact) mass is 527 g/mol. The number of carbonyl (C=O) groups excluding carboxylic acids is 1. The van der Waals surface area contributed by atoms with Crippen molar-refractivity contribution in [2.45, 2.75) is 0 Å². The number of ether oxygens (including phenoxy) is 2. The Labute approximate surface area is 223 Å². The van der Waals surface area contributed by atoms with E-state index in [1.807, 2.05) is 4.90 Å². The average Bonchev–Trinajstić information content (AvgIpc) is 2.97. The van der Waals surface area contributed by atoms with Gasteiger partial charge in [0.05, 0.1) is 36.3 Å². The van der Waals surface area contributed by atoms with Crippen molar-refractivity contribution < 1.29 is 19.2 Å². The van der Waals surface area contributed by atoms with Crippen LogP contribution in [0.15, 0.2) is 72.0 Å². The highest BCUT2D eigenvalue weighted by molar-refractivity contribution is 5.96. The number of aromatic nitrogens is 2. The van der Waals surface area contributed by atoms with Crippen LogP contribution in [0, 0.1) is 10.1 Å². The summed E-state index contributed by atoms with van der Waals surface area (Å²) in [5, 5.41) is 20.2. The molecule has 1 saturated heterocycles. The zero-order valence-corrected chi connectivity index (χ0v) is 21.1. The number of hydrogen-bond acceptors (Lipinski definition) is 8. The van der Waals surface area contributed by atoms with Crippen molar-refractivity contribution in [1.82, 2.24) is 9.78 Å². The summed E-state index contributed by atoms with van der Waals surface area (Å²) in [6.07, 6.45) is 0.960. The molecule has 1 aliphatic rings. The van der Waals surface area contributed by atoms with Crippen molar-refractivity contribution in [2.24, 2.45) is 0 Å². The standard InChI is InChI=1S/C28H25N5O6/c1-3-18-14-19(16-20(15-18)29-28(35)38-2)26-22-6-4-5-7-23(22)27(34)32(30-26)25-17-21(8-9-24(25)33(36)37)31-10-12-39-13-11-31/h3-9,14-17H,1,10-13H2,2H3,(H,29,35). The lowest BCUT2D eigenvalue weighted by atomic mass is 10.0. The summed E-state index contributed by atoms with van der Waals surface area (Å²) >= 11 is 0. The molecule has 0 radical (unpaired) electrons. The number of amides is 1. The molecule has 5 rings (SSSR count). The Morgan fingerprint density at radius 1 is 1.13 bits per heavy atom. The lowest BCUT2D eigenvalue weighted by molar-refractivity contribution is -0.384. The van der Waals surface area contributed by atoms with E-state index < -0.39 is 16.6 Å². The Morgan fingerprint density at radius 2 is 1.87 bits per heavy atom. The highest BCUT2D eigenvalue weighted by atomic mass is 16.6. The molecule has 0 atom stereocenters. The molecule has 1 N–H and O–H groups in total. The van der Waals surface area contributed by atoms with Gasteiger partial charge in [0, 0.05) is 41.5 Å². The summed E-state index contributed by atoms with van der Waals surface area (Å²) < 4.78 is 11.2. The zero-order chi connectivity index (χ0) is 27.5. The van der Waals surface area contributed by atoms with Gasteiger partial charge in [0.2, 0.25) is 0 Å². The molecule has 0 spiro atoms. The fraction of sp³-hybridized carbons (Fsp3) is 0.179. The molecule has 11 nitrogen and oxygen atoms in total. The first-order chi connectivity index (χ1) is 18.9. The molecule has 1 fully saturated rings. The smallest absolute Gasteiger partial charge is 0.411 e. The molecular formula is C28H25N5O6. The highest BCUT2D eigenvalue weighted by Crippen LogP contribution is 2.32. The van der Waals surface area contributed by atoms with Gasteiger partial charge in [0.15, 0.2) is 0 Å². The SMILES string of the molecule is C=Cc1cc(NC(=O)OC)cc(-c2nn(-c3cc(N4CCOCC4)ccc3[N+](=O)[O-])c(=O)c3ccccc23)c1. The van der Waals surface area contributed by atoms with E-state index in [0.717, 1.165) is 10.4 Å². The molecule has 11 heteroatoms. The van der Waals surface area contributed by atoms with Crippen molar-refractivity contribution in [2.75, 3.05) is 43.6 Å². The topological polar surface area (TPSA) is 129 Å². The fourth-order valence-electron chi connectivity index (χ4n) is 4.57. The molecule has 1 amide bonds. The van der Waals surface area contributed by atoms with Crippen LogP contribution in [0.2, 0.25) is 0 Å². The van der Waals surface area contributed by atoms with E-state index in [1.54, 1.807) is 60.7 Å². The maximum Gasteiger partial charge on any atom is 0.411 e. The van der Waals surface area contributed by atoms with Gasteiger partial charge in [-0.1, -0.05) is 30.9 Å². The summed E-state index contributed by atoms with van der Waals surface area (Å²) in [4.78, 5) is 39.1. The number of carbonyl (C=O) groups is 1. The molecular weight excluding hydrogens is 502 g/mol. The van der Waals surface area contributed by atoms with Crippen molar-refractivity contribution in [1.29, 1.82) is 0 Å². The summed E-state index contributed by atoms with van der Waals surface area (Å²) in [6, 6.07) is 16.8. The van der Waals surface area contributed by atoms with E-state index in [1.165, 1.54) is 13.2 Å². The second-order valence-electron chi connectivity index (χ2n) is 8.81. The molecule has 39 heavy (non-hydrogen) atoms. The maximum atomic E-state index is 13.7. The lowest BCUT2D eigenvalue weighted by Crippen LogP contribution is -2.36. The van der Waals surface area contributed by atoms with Gasteiger partial charge in [-0.15, -0.1) is 0 Å². The number of morpholine rings is 1. The second-order valence-corrected chi connectivity index (χ2v) is 8.81. The zero-order valence-electron chi connectivity index (χ0n) is 21.1. The minimum atomic E-state index is -0.652. The third-order valence-corrected chi connectivity index (χ3v) is 6.46. The number of hydrogen-bond donors (Lipinski definition) is 1. The number of anilines is 2. The van der Waals surface area contributed by atoms with Crippen LogP contribution in [0.25, 0.3) is 33.8 Å². The van der Waals surface area contributed by atoms with Crippen molar-refractivity contribution in [3.8, 4) is 16.9 Å². The van der Waals surface area contributed by atoms with Crippen molar-refractivity contribution >= 4 is 40.0 Å². The van der Waals surface area contributed by atoms with Gasteiger partial charge in [-0.3, -0.25) is 20.2 Å². The number of benzene rings is 3. The molecule has 4 aromatic rings. The largest absolute Gasteiger partial charge is 0.453 e. The van der Waals surface area contributed by atoms with Gasteiger partial charge >= 0.3 is 6.09 Å². The first-order valence-electron chi connectivity index (χ1n) is 12.2. The van der Waals surface area contributed by atoms with E-state index >= 15 is 0 Å². The number of rotatable bonds is 6. The molecule has 198 valence electrons. The molecule has 3 aromatic carbocycles. The number of methoxy groups -OCH3 is 1. The average molecular weight is 528 g/mol. The van der Waals surface area contributed by atoms with E-state index in [2.05, 4.69) is 17.0 Å². The van der Waals surface area contributed by atoms with Gasteiger partial charge in [0.25, 0.3) is 11.2 Å². The first kappa shape index (κ1) is 25.6. The van der Waals surface area contributed by atoms with Crippen LogP contribution >= 0.6 is 0 Å². The van der Waals surface area contributed by atoms with Crippen LogP contribution in [-0.4, -0.2) is 54.2 Å². The van der Waals surface area contributed by atoms with Crippen molar-refractivity contribution in [3.63, 3.8) is 0 Å². The Morgan fingerprint density at radius 3 is 2.56 bits per heavy atom.